The first-order chi connectivity index (χ1) is 11.2. The fraction of sp³-hybridized carbons (Fsp3) is 0.294. The van der Waals surface area contributed by atoms with Crippen molar-refractivity contribution in [3.05, 3.63) is 51.5 Å². The van der Waals surface area contributed by atoms with Crippen molar-refractivity contribution >= 4 is 35.6 Å². The molecule has 1 N–H and O–H groups in total. The molecule has 1 aliphatic rings. The second kappa shape index (κ2) is 8.67. The molecule has 0 bridgehead atoms. The molecule has 0 amide bonds. The summed E-state index contributed by atoms with van der Waals surface area (Å²) in [6, 6.07) is 9.46. The van der Waals surface area contributed by atoms with Crippen molar-refractivity contribution < 1.29 is 14.2 Å². The van der Waals surface area contributed by atoms with E-state index in [0.29, 0.717) is 35.5 Å². The van der Waals surface area contributed by atoms with Crippen LogP contribution in [0.15, 0.2) is 30.3 Å². The topological polar surface area (TPSA) is 39.7 Å². The summed E-state index contributed by atoms with van der Waals surface area (Å²) in [5.74, 6) is 2.25. The van der Waals surface area contributed by atoms with Gasteiger partial charge in [-0.05, 0) is 36.8 Å². The molecule has 4 nitrogen and oxygen atoms in total. The van der Waals surface area contributed by atoms with Gasteiger partial charge in [0.25, 0.3) is 0 Å². The minimum absolute atomic E-state index is 0. The van der Waals surface area contributed by atoms with Crippen LogP contribution in [0.25, 0.3) is 0 Å². The molecule has 0 atom stereocenters. The number of ether oxygens (including phenoxy) is 3. The maximum absolute atomic E-state index is 6.21. The smallest absolute Gasteiger partial charge is 0.231 e. The maximum Gasteiger partial charge on any atom is 0.231 e. The van der Waals surface area contributed by atoms with Crippen molar-refractivity contribution in [3.8, 4) is 17.2 Å². The summed E-state index contributed by atoms with van der Waals surface area (Å²) in [6.45, 7) is 4.05. The Labute approximate surface area is 157 Å². The standard InChI is InChI=1S/C17H17Cl2NO3.ClH/c1-2-21-17-12(6-13(18)7-14(17)19)9-20-8-11-3-4-15-16(5-11)23-10-22-15;/h3-7,20H,2,8-10H2,1H3;1H. The molecule has 2 aromatic rings. The summed E-state index contributed by atoms with van der Waals surface area (Å²) in [4.78, 5) is 0. The van der Waals surface area contributed by atoms with Gasteiger partial charge in [-0.3, -0.25) is 0 Å². The molecule has 0 aromatic heterocycles. The van der Waals surface area contributed by atoms with Gasteiger partial charge in [-0.25, -0.2) is 0 Å². The van der Waals surface area contributed by atoms with Gasteiger partial charge in [-0.15, -0.1) is 12.4 Å². The zero-order chi connectivity index (χ0) is 16.2. The third kappa shape index (κ3) is 4.39. The van der Waals surface area contributed by atoms with Crippen LogP contribution in [-0.2, 0) is 13.1 Å². The van der Waals surface area contributed by atoms with Crippen LogP contribution >= 0.6 is 35.6 Å². The van der Waals surface area contributed by atoms with E-state index in [1.54, 1.807) is 6.07 Å². The van der Waals surface area contributed by atoms with Crippen LogP contribution in [0.5, 0.6) is 17.2 Å². The number of rotatable bonds is 6. The number of fused-ring (bicyclic) bond motifs is 1. The molecule has 0 radical (unpaired) electrons. The van der Waals surface area contributed by atoms with Crippen LogP contribution < -0.4 is 19.5 Å². The van der Waals surface area contributed by atoms with Crippen LogP contribution in [0.4, 0.5) is 0 Å². The second-order valence-corrected chi connectivity index (χ2v) is 5.94. The van der Waals surface area contributed by atoms with Gasteiger partial charge >= 0.3 is 0 Å². The monoisotopic (exact) mass is 389 g/mol. The van der Waals surface area contributed by atoms with Gasteiger partial charge in [-0.1, -0.05) is 29.3 Å². The lowest BCUT2D eigenvalue weighted by atomic mass is 10.1. The Morgan fingerprint density at radius 1 is 1.08 bits per heavy atom. The van der Waals surface area contributed by atoms with E-state index in [1.807, 2.05) is 31.2 Å². The Hall–Kier alpha value is -1.33. The lowest BCUT2D eigenvalue weighted by Gasteiger charge is -2.13. The molecule has 2 aromatic carbocycles. The average Bonchev–Trinajstić information content (AvgIpc) is 2.98. The van der Waals surface area contributed by atoms with E-state index in [4.69, 9.17) is 37.4 Å². The number of nitrogens with one attached hydrogen (secondary N) is 1. The van der Waals surface area contributed by atoms with Gasteiger partial charge in [0.15, 0.2) is 11.5 Å². The highest BCUT2D eigenvalue weighted by Crippen LogP contribution is 2.33. The van der Waals surface area contributed by atoms with E-state index < -0.39 is 0 Å². The molecule has 0 spiro atoms. The Morgan fingerprint density at radius 3 is 2.67 bits per heavy atom. The van der Waals surface area contributed by atoms with Crippen LogP contribution in [0.1, 0.15) is 18.1 Å². The minimum Gasteiger partial charge on any atom is -0.492 e. The Bertz CT molecular complexity index is 710. The first kappa shape index (κ1) is 19.0. The first-order valence-corrected chi connectivity index (χ1v) is 8.13. The SMILES string of the molecule is CCOc1c(Cl)cc(Cl)cc1CNCc1ccc2c(c1)OCO2.Cl. The maximum atomic E-state index is 6.21. The summed E-state index contributed by atoms with van der Waals surface area (Å²) < 4.78 is 16.3. The highest BCUT2D eigenvalue weighted by atomic mass is 35.5. The van der Waals surface area contributed by atoms with E-state index in [0.717, 1.165) is 22.6 Å². The zero-order valence-corrected chi connectivity index (χ0v) is 15.4. The molecule has 7 heteroatoms. The largest absolute Gasteiger partial charge is 0.492 e. The van der Waals surface area contributed by atoms with E-state index in [1.165, 1.54) is 0 Å². The Kier molecular flexibility index (Phi) is 6.87. The Morgan fingerprint density at radius 2 is 1.88 bits per heavy atom. The molecule has 1 aliphatic heterocycles. The van der Waals surface area contributed by atoms with Crippen LogP contribution in [0, 0.1) is 0 Å². The number of halogens is 3. The van der Waals surface area contributed by atoms with Crippen molar-refractivity contribution in [2.45, 2.75) is 20.0 Å². The van der Waals surface area contributed by atoms with Crippen LogP contribution in [0.3, 0.4) is 0 Å². The second-order valence-electron chi connectivity index (χ2n) is 5.10. The molecule has 0 unspecified atom stereocenters. The third-order valence-electron chi connectivity index (χ3n) is 3.46. The summed E-state index contributed by atoms with van der Waals surface area (Å²) in [5.41, 5.74) is 2.05. The van der Waals surface area contributed by atoms with Crippen molar-refractivity contribution in [2.75, 3.05) is 13.4 Å². The van der Waals surface area contributed by atoms with Crippen LogP contribution in [0.2, 0.25) is 10.0 Å². The van der Waals surface area contributed by atoms with Crippen molar-refractivity contribution in [1.82, 2.24) is 5.32 Å². The molecule has 24 heavy (non-hydrogen) atoms. The highest BCUT2D eigenvalue weighted by molar-refractivity contribution is 6.35. The number of benzene rings is 2. The van der Waals surface area contributed by atoms with Crippen molar-refractivity contribution in [2.24, 2.45) is 0 Å². The van der Waals surface area contributed by atoms with E-state index in [2.05, 4.69) is 5.32 Å². The summed E-state index contributed by atoms with van der Waals surface area (Å²) >= 11 is 12.3. The summed E-state index contributed by atoms with van der Waals surface area (Å²) in [7, 11) is 0. The highest BCUT2D eigenvalue weighted by Gasteiger charge is 2.13. The van der Waals surface area contributed by atoms with E-state index >= 15 is 0 Å². The minimum atomic E-state index is 0. The molecule has 130 valence electrons. The molecule has 0 aliphatic carbocycles. The average molecular weight is 391 g/mol. The predicted molar refractivity (Wildman–Crippen MR) is 98.0 cm³/mol. The van der Waals surface area contributed by atoms with E-state index in [9.17, 15) is 0 Å². The van der Waals surface area contributed by atoms with Gasteiger partial charge in [0, 0.05) is 23.7 Å². The lowest BCUT2D eigenvalue weighted by molar-refractivity contribution is 0.174. The van der Waals surface area contributed by atoms with Gasteiger partial charge in [-0.2, -0.15) is 0 Å². The van der Waals surface area contributed by atoms with Gasteiger partial charge in [0.2, 0.25) is 6.79 Å². The molecular weight excluding hydrogens is 373 g/mol. The quantitative estimate of drug-likeness (QED) is 0.766. The molecule has 0 saturated carbocycles. The first-order valence-electron chi connectivity index (χ1n) is 7.37. The molecule has 3 rings (SSSR count). The third-order valence-corrected chi connectivity index (χ3v) is 3.95. The van der Waals surface area contributed by atoms with Gasteiger partial charge in [0.05, 0.1) is 11.6 Å². The lowest BCUT2D eigenvalue weighted by Crippen LogP contribution is -2.14. The predicted octanol–water partition coefficient (Wildman–Crippen LogP) is 4.83. The number of hydrogen-bond acceptors (Lipinski definition) is 4. The molecule has 1 heterocycles. The summed E-state index contributed by atoms with van der Waals surface area (Å²) in [6.07, 6.45) is 0. The summed E-state index contributed by atoms with van der Waals surface area (Å²) in [5, 5.41) is 4.49. The van der Waals surface area contributed by atoms with Gasteiger partial charge in [0.1, 0.15) is 5.75 Å². The fourth-order valence-corrected chi connectivity index (χ4v) is 3.03. The zero-order valence-electron chi connectivity index (χ0n) is 13.1. The number of hydrogen-bond donors (Lipinski definition) is 1. The molecular formula is C17H18Cl3NO3. The molecule has 0 fully saturated rings. The Balaban J connectivity index is 0.00000208. The van der Waals surface area contributed by atoms with Crippen LogP contribution in [-0.4, -0.2) is 13.4 Å². The fourth-order valence-electron chi connectivity index (χ4n) is 2.44. The normalized spacial score (nSPS) is 12.0. The van der Waals surface area contributed by atoms with E-state index in [-0.39, 0.29) is 19.2 Å². The van der Waals surface area contributed by atoms with Crippen molar-refractivity contribution in [3.63, 3.8) is 0 Å². The molecule has 0 saturated heterocycles. The van der Waals surface area contributed by atoms with Crippen molar-refractivity contribution in [1.29, 1.82) is 0 Å². The van der Waals surface area contributed by atoms with Gasteiger partial charge < -0.3 is 19.5 Å².